The van der Waals surface area contributed by atoms with E-state index in [0.29, 0.717) is 18.1 Å². The van der Waals surface area contributed by atoms with Gasteiger partial charge in [-0.2, -0.15) is 0 Å². The molecule has 4 aromatic rings. The first-order valence-electron chi connectivity index (χ1n) is 10.4. The summed E-state index contributed by atoms with van der Waals surface area (Å²) in [6.45, 7) is 2.23. The summed E-state index contributed by atoms with van der Waals surface area (Å²) in [5.41, 5.74) is 3.93. The van der Waals surface area contributed by atoms with E-state index >= 15 is 0 Å². The molecule has 0 radical (unpaired) electrons. The highest BCUT2D eigenvalue weighted by Crippen LogP contribution is 2.29. The fraction of sp³-hybridized carbons (Fsp3) is 0.200. The van der Waals surface area contributed by atoms with Gasteiger partial charge in [0.15, 0.2) is 11.6 Å². The van der Waals surface area contributed by atoms with Gasteiger partial charge in [0.05, 0.1) is 11.9 Å². The molecule has 2 N–H and O–H groups in total. The molecule has 1 aliphatic heterocycles. The van der Waals surface area contributed by atoms with E-state index in [1.807, 2.05) is 16.2 Å². The minimum atomic E-state index is -0.368. The van der Waals surface area contributed by atoms with Crippen molar-refractivity contribution in [3.63, 3.8) is 0 Å². The Balaban J connectivity index is 0.000000158. The number of nitrogens with one attached hydrogen (secondary N) is 1. The molecule has 0 aliphatic carbocycles. The predicted octanol–water partition coefficient (Wildman–Crippen LogP) is 3.43. The molecule has 0 fully saturated rings. The van der Waals surface area contributed by atoms with Crippen LogP contribution in [0.1, 0.15) is 16.8 Å². The molecule has 0 saturated carbocycles. The highest BCUT2D eigenvalue weighted by atomic mass is 16.3. The van der Waals surface area contributed by atoms with Crippen LogP contribution < -0.4 is 10.7 Å². The predicted molar refractivity (Wildman–Crippen MR) is 122 cm³/mol. The maximum Gasteiger partial charge on any atom is 0.223 e. The second-order valence-corrected chi connectivity index (χ2v) is 7.47. The summed E-state index contributed by atoms with van der Waals surface area (Å²) in [6, 6.07) is 22.4. The quantitative estimate of drug-likeness (QED) is 0.537. The number of nitrogens with zero attached hydrogens (tertiary/aromatic N) is 3. The summed E-state index contributed by atoms with van der Waals surface area (Å²) in [4.78, 5) is 15.8. The summed E-state index contributed by atoms with van der Waals surface area (Å²) < 4.78 is 3.90. The molecule has 5 rings (SSSR count). The van der Waals surface area contributed by atoms with Crippen LogP contribution in [0, 0.1) is 0 Å². The third kappa shape index (κ3) is 4.59. The highest BCUT2D eigenvalue weighted by Gasteiger charge is 2.23. The number of hydrogen-bond donors (Lipinski definition) is 2. The van der Waals surface area contributed by atoms with Crippen molar-refractivity contribution < 1.29 is 5.11 Å². The van der Waals surface area contributed by atoms with Gasteiger partial charge in [-0.05, 0) is 24.6 Å². The van der Waals surface area contributed by atoms with E-state index in [1.54, 1.807) is 12.4 Å². The molecular formula is C25H26N4O2. The van der Waals surface area contributed by atoms with E-state index in [4.69, 9.17) is 0 Å². The van der Waals surface area contributed by atoms with Crippen LogP contribution in [-0.2, 0) is 26.1 Å². The van der Waals surface area contributed by atoms with Crippen LogP contribution in [0.4, 0.5) is 0 Å². The molecule has 31 heavy (non-hydrogen) atoms. The Bertz CT molecular complexity index is 1160. The lowest BCUT2D eigenvalue weighted by molar-refractivity contribution is 0.450. The summed E-state index contributed by atoms with van der Waals surface area (Å²) in [7, 11) is 1.87. The Morgan fingerprint density at radius 1 is 0.968 bits per heavy atom. The van der Waals surface area contributed by atoms with Crippen LogP contribution in [0.25, 0.3) is 11.5 Å². The minimum absolute atomic E-state index is 0.222. The molecule has 3 heterocycles. The van der Waals surface area contributed by atoms with Gasteiger partial charge in [0, 0.05) is 31.9 Å². The van der Waals surface area contributed by atoms with Gasteiger partial charge in [0.2, 0.25) is 5.43 Å². The SMILES string of the molecule is CNCc1cnc2n1CCn1ccc(=O)c(O)c1-2.c1ccc(Cc2ccccc2)cc1. The van der Waals surface area contributed by atoms with Crippen molar-refractivity contribution in [3.8, 4) is 17.3 Å². The largest absolute Gasteiger partial charge is 0.503 e. The van der Waals surface area contributed by atoms with Gasteiger partial charge in [-0.3, -0.25) is 4.79 Å². The average molecular weight is 415 g/mol. The van der Waals surface area contributed by atoms with Gasteiger partial charge in [-0.25, -0.2) is 4.98 Å². The minimum Gasteiger partial charge on any atom is -0.503 e. The zero-order chi connectivity index (χ0) is 21.6. The van der Waals surface area contributed by atoms with Crippen LogP contribution >= 0.6 is 0 Å². The van der Waals surface area contributed by atoms with Gasteiger partial charge in [0.1, 0.15) is 5.69 Å². The van der Waals surface area contributed by atoms with Gasteiger partial charge < -0.3 is 19.6 Å². The molecule has 0 unspecified atom stereocenters. The Morgan fingerprint density at radius 2 is 1.61 bits per heavy atom. The van der Waals surface area contributed by atoms with Crippen LogP contribution in [-0.4, -0.2) is 26.3 Å². The van der Waals surface area contributed by atoms with Crippen molar-refractivity contribution in [2.45, 2.75) is 26.1 Å². The third-order valence-corrected chi connectivity index (χ3v) is 5.32. The van der Waals surface area contributed by atoms with E-state index in [2.05, 4.69) is 71.0 Å². The molecule has 158 valence electrons. The van der Waals surface area contributed by atoms with Crippen LogP contribution in [0.3, 0.4) is 0 Å². The van der Waals surface area contributed by atoms with Crippen LogP contribution in [0.5, 0.6) is 5.75 Å². The summed E-state index contributed by atoms with van der Waals surface area (Å²) in [5, 5.41) is 13.0. The van der Waals surface area contributed by atoms with Gasteiger partial charge in [-0.15, -0.1) is 0 Å². The molecule has 6 nitrogen and oxygen atoms in total. The average Bonchev–Trinajstić information content (AvgIpc) is 3.21. The Hall–Kier alpha value is -3.64. The Morgan fingerprint density at radius 3 is 2.23 bits per heavy atom. The fourth-order valence-electron chi connectivity index (χ4n) is 3.79. The zero-order valence-electron chi connectivity index (χ0n) is 17.5. The molecule has 0 bridgehead atoms. The number of rotatable bonds is 4. The lowest BCUT2D eigenvalue weighted by Crippen LogP contribution is -2.22. The van der Waals surface area contributed by atoms with Crippen molar-refractivity contribution in [1.29, 1.82) is 0 Å². The second kappa shape index (κ2) is 9.45. The molecule has 0 saturated heterocycles. The van der Waals surface area contributed by atoms with E-state index < -0.39 is 0 Å². The third-order valence-electron chi connectivity index (χ3n) is 5.32. The molecule has 0 amide bonds. The van der Waals surface area contributed by atoms with Crippen molar-refractivity contribution >= 4 is 0 Å². The van der Waals surface area contributed by atoms with Crippen LogP contribution in [0.2, 0.25) is 0 Å². The van der Waals surface area contributed by atoms with Crippen molar-refractivity contribution in [2.75, 3.05) is 7.05 Å². The van der Waals surface area contributed by atoms with Gasteiger partial charge >= 0.3 is 0 Å². The number of aromatic nitrogens is 3. The monoisotopic (exact) mass is 414 g/mol. The molecule has 2 aromatic carbocycles. The summed E-state index contributed by atoms with van der Waals surface area (Å²) in [6.07, 6.45) is 4.51. The van der Waals surface area contributed by atoms with Crippen molar-refractivity contribution in [2.24, 2.45) is 0 Å². The van der Waals surface area contributed by atoms with E-state index in [1.165, 1.54) is 17.2 Å². The van der Waals surface area contributed by atoms with Crippen molar-refractivity contribution in [1.82, 2.24) is 19.4 Å². The molecule has 0 atom stereocenters. The molecule has 0 spiro atoms. The van der Waals surface area contributed by atoms with E-state index in [-0.39, 0.29) is 11.2 Å². The normalized spacial score (nSPS) is 11.8. The zero-order valence-corrected chi connectivity index (χ0v) is 17.5. The number of imidazole rings is 1. The standard InChI is InChI=1S/C13H12.C12H14N4O2/c1-3-7-12(8-4-1)11-13-9-5-2-6-10-13;1-13-6-8-7-14-12-10-11(18)9(17)2-3-15(10)4-5-16(8)12/h1-10H,11H2;2-3,7,13,18H,4-6H2,1H3. The lowest BCUT2D eigenvalue weighted by atomic mass is 10.1. The lowest BCUT2D eigenvalue weighted by Gasteiger charge is -2.22. The van der Waals surface area contributed by atoms with E-state index in [9.17, 15) is 9.90 Å². The number of benzene rings is 2. The molecule has 1 aliphatic rings. The fourth-order valence-corrected chi connectivity index (χ4v) is 3.79. The number of aromatic hydroxyl groups is 1. The number of fused-ring (bicyclic) bond motifs is 3. The maximum atomic E-state index is 11.5. The van der Waals surface area contributed by atoms with E-state index in [0.717, 1.165) is 25.2 Å². The first-order chi connectivity index (χ1) is 15.2. The van der Waals surface area contributed by atoms with Crippen molar-refractivity contribution in [3.05, 3.63) is 106 Å². The Kier molecular flexibility index (Phi) is 6.29. The number of pyridine rings is 1. The van der Waals surface area contributed by atoms with Crippen LogP contribution in [0.15, 0.2) is 83.9 Å². The maximum absolute atomic E-state index is 11.5. The number of hydrogen-bond acceptors (Lipinski definition) is 4. The molecule has 2 aromatic heterocycles. The topological polar surface area (TPSA) is 72.1 Å². The first-order valence-corrected chi connectivity index (χ1v) is 10.4. The Labute approximate surface area is 181 Å². The molecular weight excluding hydrogens is 388 g/mol. The first kappa shape index (κ1) is 20.6. The van der Waals surface area contributed by atoms with Gasteiger partial charge in [0.25, 0.3) is 0 Å². The molecule has 6 heteroatoms. The summed E-state index contributed by atoms with van der Waals surface area (Å²) in [5.74, 6) is 0.432. The van der Waals surface area contributed by atoms with Gasteiger partial charge in [-0.1, -0.05) is 60.7 Å². The second-order valence-electron chi connectivity index (χ2n) is 7.47. The number of aryl methyl sites for hydroxylation is 1. The summed E-state index contributed by atoms with van der Waals surface area (Å²) >= 11 is 0. The highest BCUT2D eigenvalue weighted by molar-refractivity contribution is 5.61. The smallest absolute Gasteiger partial charge is 0.223 e.